The molecule has 1 aromatic carbocycles. The van der Waals surface area contributed by atoms with E-state index in [9.17, 15) is 9.18 Å². The maximum absolute atomic E-state index is 13.5. The van der Waals surface area contributed by atoms with Gasteiger partial charge < -0.3 is 11.1 Å². The molecule has 3 nitrogen and oxygen atoms in total. The van der Waals surface area contributed by atoms with Gasteiger partial charge in [-0.15, -0.1) is 12.4 Å². The summed E-state index contributed by atoms with van der Waals surface area (Å²) in [6, 6.07) is 4.22. The number of halogens is 2. The van der Waals surface area contributed by atoms with Crippen LogP contribution in [0.4, 0.5) is 4.39 Å². The van der Waals surface area contributed by atoms with Crippen molar-refractivity contribution in [3.8, 4) is 0 Å². The summed E-state index contributed by atoms with van der Waals surface area (Å²) < 4.78 is 13.5. The SMILES string of the molecule is CSCC[C@H](N)C(=O)NC(C)c1ccc(C)c(F)c1.Cl. The van der Waals surface area contributed by atoms with Gasteiger partial charge in [-0.2, -0.15) is 11.8 Å². The van der Waals surface area contributed by atoms with Crippen molar-refractivity contribution in [2.45, 2.75) is 32.4 Å². The number of carbonyl (C=O) groups is 1. The number of carbonyl (C=O) groups excluding carboxylic acids is 1. The first-order valence-corrected chi connectivity index (χ1v) is 7.66. The molecule has 0 aliphatic carbocycles. The molecule has 0 aromatic heterocycles. The van der Waals surface area contributed by atoms with Gasteiger partial charge in [0.2, 0.25) is 5.91 Å². The molecule has 0 bridgehead atoms. The third kappa shape index (κ3) is 5.69. The van der Waals surface area contributed by atoms with Crippen molar-refractivity contribution < 1.29 is 9.18 Å². The first-order chi connectivity index (χ1) is 8.95. The standard InChI is InChI=1S/C14H21FN2OS.ClH/c1-9-4-5-11(8-12(9)15)10(2)17-14(18)13(16)6-7-19-3;/h4-5,8,10,13H,6-7,16H2,1-3H3,(H,17,18);1H/t10?,13-;/m0./s1. The molecular weight excluding hydrogens is 299 g/mol. The van der Waals surface area contributed by atoms with E-state index >= 15 is 0 Å². The molecule has 0 heterocycles. The maximum atomic E-state index is 13.5. The summed E-state index contributed by atoms with van der Waals surface area (Å²) in [5.74, 6) is 0.398. The summed E-state index contributed by atoms with van der Waals surface area (Å²) in [5.41, 5.74) is 7.12. The normalized spacial score (nSPS) is 13.2. The lowest BCUT2D eigenvalue weighted by Crippen LogP contribution is -2.41. The monoisotopic (exact) mass is 320 g/mol. The molecule has 0 aliphatic rings. The predicted octanol–water partition coefficient (Wildman–Crippen LogP) is 2.81. The van der Waals surface area contributed by atoms with Crippen LogP contribution in [0.15, 0.2) is 18.2 Å². The molecule has 0 spiro atoms. The number of hydrogen-bond donors (Lipinski definition) is 2. The first-order valence-electron chi connectivity index (χ1n) is 6.26. The second-order valence-electron chi connectivity index (χ2n) is 4.63. The van der Waals surface area contributed by atoms with E-state index in [-0.39, 0.29) is 30.2 Å². The summed E-state index contributed by atoms with van der Waals surface area (Å²) in [4.78, 5) is 11.8. The second kappa shape index (κ2) is 9.21. The molecule has 114 valence electrons. The number of rotatable bonds is 6. The Morgan fingerprint density at radius 3 is 2.70 bits per heavy atom. The molecule has 0 saturated carbocycles. The van der Waals surface area contributed by atoms with Crippen LogP contribution in [0.1, 0.15) is 30.5 Å². The zero-order chi connectivity index (χ0) is 14.4. The molecule has 20 heavy (non-hydrogen) atoms. The van der Waals surface area contributed by atoms with Crippen LogP contribution in [0.3, 0.4) is 0 Å². The Kier molecular flexibility index (Phi) is 8.85. The van der Waals surface area contributed by atoms with Gasteiger partial charge in [-0.1, -0.05) is 12.1 Å². The smallest absolute Gasteiger partial charge is 0.237 e. The average Bonchev–Trinajstić information content (AvgIpc) is 2.38. The Hall–Kier alpha value is -0.780. The van der Waals surface area contributed by atoms with E-state index in [1.165, 1.54) is 6.07 Å². The minimum Gasteiger partial charge on any atom is -0.348 e. The Morgan fingerprint density at radius 2 is 2.15 bits per heavy atom. The van der Waals surface area contributed by atoms with Gasteiger partial charge in [0.1, 0.15) is 5.82 Å². The Morgan fingerprint density at radius 1 is 1.50 bits per heavy atom. The number of nitrogens with two attached hydrogens (primary N) is 1. The fraction of sp³-hybridized carbons (Fsp3) is 0.500. The summed E-state index contributed by atoms with van der Waals surface area (Å²) in [6.45, 7) is 3.53. The number of hydrogen-bond acceptors (Lipinski definition) is 3. The Labute approximate surface area is 130 Å². The zero-order valence-electron chi connectivity index (χ0n) is 12.0. The van der Waals surface area contributed by atoms with E-state index in [1.54, 1.807) is 24.8 Å². The number of thioether (sulfide) groups is 1. The van der Waals surface area contributed by atoms with Crippen molar-refractivity contribution in [2.24, 2.45) is 5.73 Å². The van der Waals surface area contributed by atoms with Gasteiger partial charge in [-0.25, -0.2) is 4.39 Å². The quantitative estimate of drug-likeness (QED) is 0.847. The van der Waals surface area contributed by atoms with E-state index in [0.29, 0.717) is 12.0 Å². The third-order valence-electron chi connectivity index (χ3n) is 3.02. The number of amides is 1. The zero-order valence-corrected chi connectivity index (χ0v) is 13.6. The molecule has 0 saturated heterocycles. The highest BCUT2D eigenvalue weighted by Gasteiger charge is 2.16. The van der Waals surface area contributed by atoms with Gasteiger partial charge in [0.05, 0.1) is 12.1 Å². The van der Waals surface area contributed by atoms with Gasteiger partial charge in [-0.05, 0) is 49.5 Å². The van der Waals surface area contributed by atoms with Crippen molar-refractivity contribution in [1.82, 2.24) is 5.32 Å². The molecule has 1 rings (SSSR count). The van der Waals surface area contributed by atoms with Crippen molar-refractivity contribution in [3.05, 3.63) is 35.1 Å². The second-order valence-corrected chi connectivity index (χ2v) is 5.61. The van der Waals surface area contributed by atoms with E-state index in [1.807, 2.05) is 19.2 Å². The topological polar surface area (TPSA) is 55.1 Å². The van der Waals surface area contributed by atoms with Gasteiger partial charge in [0, 0.05) is 0 Å². The fourth-order valence-corrected chi connectivity index (χ4v) is 2.15. The van der Waals surface area contributed by atoms with Crippen LogP contribution in [-0.2, 0) is 4.79 Å². The van der Waals surface area contributed by atoms with E-state index in [0.717, 1.165) is 11.3 Å². The average molecular weight is 321 g/mol. The Balaban J connectivity index is 0.00000361. The van der Waals surface area contributed by atoms with Crippen molar-refractivity contribution >= 4 is 30.1 Å². The molecule has 6 heteroatoms. The highest BCUT2D eigenvalue weighted by atomic mass is 35.5. The van der Waals surface area contributed by atoms with Crippen molar-refractivity contribution in [2.75, 3.05) is 12.0 Å². The highest BCUT2D eigenvalue weighted by molar-refractivity contribution is 7.98. The third-order valence-corrected chi connectivity index (χ3v) is 3.67. The minimum absolute atomic E-state index is 0. The number of aryl methyl sites for hydroxylation is 1. The molecule has 2 atom stereocenters. The summed E-state index contributed by atoms with van der Waals surface area (Å²) in [5, 5.41) is 2.81. The van der Waals surface area contributed by atoms with Gasteiger partial charge in [-0.3, -0.25) is 4.79 Å². The van der Waals surface area contributed by atoms with Gasteiger partial charge in [0.25, 0.3) is 0 Å². The Bertz CT molecular complexity index is 445. The lowest BCUT2D eigenvalue weighted by atomic mass is 10.1. The molecule has 0 fully saturated rings. The van der Waals surface area contributed by atoms with Crippen LogP contribution < -0.4 is 11.1 Å². The van der Waals surface area contributed by atoms with E-state index in [4.69, 9.17) is 5.73 Å². The molecule has 1 amide bonds. The fourth-order valence-electron chi connectivity index (χ4n) is 1.66. The lowest BCUT2D eigenvalue weighted by Gasteiger charge is -2.18. The van der Waals surface area contributed by atoms with Crippen LogP contribution >= 0.6 is 24.2 Å². The molecule has 0 aliphatic heterocycles. The van der Waals surface area contributed by atoms with Crippen LogP contribution in [0.5, 0.6) is 0 Å². The van der Waals surface area contributed by atoms with Crippen LogP contribution in [0, 0.1) is 12.7 Å². The van der Waals surface area contributed by atoms with Crippen LogP contribution in [0.2, 0.25) is 0 Å². The predicted molar refractivity (Wildman–Crippen MR) is 85.9 cm³/mol. The molecule has 3 N–H and O–H groups in total. The first kappa shape index (κ1) is 19.2. The van der Waals surface area contributed by atoms with E-state index < -0.39 is 6.04 Å². The van der Waals surface area contributed by atoms with Crippen LogP contribution in [0.25, 0.3) is 0 Å². The van der Waals surface area contributed by atoms with Crippen LogP contribution in [-0.4, -0.2) is 24.0 Å². The summed E-state index contributed by atoms with van der Waals surface area (Å²) in [6.07, 6.45) is 2.62. The highest BCUT2D eigenvalue weighted by Crippen LogP contribution is 2.16. The summed E-state index contributed by atoms with van der Waals surface area (Å²) >= 11 is 1.66. The minimum atomic E-state index is -0.509. The number of benzene rings is 1. The maximum Gasteiger partial charge on any atom is 0.237 e. The molecule has 0 radical (unpaired) electrons. The molecule has 1 unspecified atom stereocenters. The van der Waals surface area contributed by atoms with Crippen molar-refractivity contribution in [1.29, 1.82) is 0 Å². The van der Waals surface area contributed by atoms with E-state index in [2.05, 4.69) is 5.32 Å². The lowest BCUT2D eigenvalue weighted by molar-refractivity contribution is -0.123. The largest absolute Gasteiger partial charge is 0.348 e. The van der Waals surface area contributed by atoms with Crippen molar-refractivity contribution in [3.63, 3.8) is 0 Å². The molecular formula is C14H22ClFN2OS. The van der Waals surface area contributed by atoms with Gasteiger partial charge in [0.15, 0.2) is 0 Å². The summed E-state index contributed by atoms with van der Waals surface area (Å²) in [7, 11) is 0. The van der Waals surface area contributed by atoms with Gasteiger partial charge >= 0.3 is 0 Å². The molecule has 1 aromatic rings. The number of nitrogens with one attached hydrogen (secondary N) is 1.